The maximum absolute atomic E-state index is 6.01. The van der Waals surface area contributed by atoms with Crippen molar-refractivity contribution in [3.8, 4) is 5.69 Å². The van der Waals surface area contributed by atoms with Gasteiger partial charge in [-0.2, -0.15) is 0 Å². The van der Waals surface area contributed by atoms with E-state index in [-0.39, 0.29) is 0 Å². The Balaban J connectivity index is 1.96. The number of hydrogen-bond donors (Lipinski definition) is 1. The van der Waals surface area contributed by atoms with Gasteiger partial charge >= 0.3 is 0 Å². The smallest absolute Gasteiger partial charge is 0.153 e. The number of benzene rings is 1. The van der Waals surface area contributed by atoms with Crippen molar-refractivity contribution in [1.82, 2.24) is 9.78 Å². The molecule has 0 bridgehead atoms. The predicted octanol–water partition coefficient (Wildman–Crippen LogP) is 2.05. The van der Waals surface area contributed by atoms with Crippen molar-refractivity contribution in [2.24, 2.45) is 0 Å². The van der Waals surface area contributed by atoms with Crippen LogP contribution in [0.25, 0.3) is 5.69 Å². The number of aromatic nitrogens is 2. The van der Waals surface area contributed by atoms with Gasteiger partial charge in [-0.05, 0) is 25.0 Å². The van der Waals surface area contributed by atoms with E-state index in [0.29, 0.717) is 5.82 Å². The Morgan fingerprint density at radius 3 is 2.47 bits per heavy atom. The number of nitrogens with zero attached hydrogens (tertiary/aromatic N) is 3. The van der Waals surface area contributed by atoms with E-state index in [2.05, 4.69) is 10.00 Å². The lowest BCUT2D eigenvalue weighted by Gasteiger charge is -2.12. The van der Waals surface area contributed by atoms with Gasteiger partial charge in [0, 0.05) is 19.2 Å². The fourth-order valence-corrected chi connectivity index (χ4v) is 2.26. The number of rotatable bonds is 2. The molecule has 2 aromatic rings. The number of nitrogens with two attached hydrogens (primary N) is 1. The molecule has 1 aliphatic rings. The predicted molar refractivity (Wildman–Crippen MR) is 69.4 cm³/mol. The van der Waals surface area contributed by atoms with Crippen LogP contribution >= 0.6 is 0 Å². The van der Waals surface area contributed by atoms with Crippen LogP contribution in [0.5, 0.6) is 0 Å². The first-order valence-corrected chi connectivity index (χ1v) is 6.00. The topological polar surface area (TPSA) is 47.1 Å². The summed E-state index contributed by atoms with van der Waals surface area (Å²) in [5.41, 5.74) is 7.02. The highest BCUT2D eigenvalue weighted by molar-refractivity contribution is 5.52. The molecule has 2 heterocycles. The van der Waals surface area contributed by atoms with E-state index < -0.39 is 0 Å². The lowest BCUT2D eigenvalue weighted by molar-refractivity contribution is 0.850. The zero-order valence-corrected chi connectivity index (χ0v) is 9.71. The largest absolute Gasteiger partial charge is 0.384 e. The highest BCUT2D eigenvalue weighted by Gasteiger charge is 2.16. The monoisotopic (exact) mass is 228 g/mol. The Hall–Kier alpha value is -1.97. The standard InChI is InChI=1S/C13H16N4/c14-12-10-13(16-8-4-5-9-16)15-17(12)11-6-2-1-3-7-11/h1-3,6-7,10H,4-5,8-9,14H2. The van der Waals surface area contributed by atoms with E-state index >= 15 is 0 Å². The summed E-state index contributed by atoms with van der Waals surface area (Å²) in [6.07, 6.45) is 2.50. The van der Waals surface area contributed by atoms with Crippen LogP contribution in [-0.4, -0.2) is 22.9 Å². The zero-order chi connectivity index (χ0) is 11.7. The second-order valence-corrected chi connectivity index (χ2v) is 4.37. The minimum absolute atomic E-state index is 0.693. The van der Waals surface area contributed by atoms with Gasteiger partial charge in [-0.15, -0.1) is 5.10 Å². The minimum Gasteiger partial charge on any atom is -0.384 e. The SMILES string of the molecule is Nc1cc(N2CCCC2)nn1-c1ccccc1. The Morgan fingerprint density at radius 1 is 1.06 bits per heavy atom. The van der Waals surface area contributed by atoms with Crippen LogP contribution < -0.4 is 10.6 Å². The van der Waals surface area contributed by atoms with Crippen LogP contribution in [0.1, 0.15) is 12.8 Å². The maximum atomic E-state index is 6.01. The third-order valence-corrected chi connectivity index (χ3v) is 3.15. The van der Waals surface area contributed by atoms with E-state index in [9.17, 15) is 0 Å². The summed E-state index contributed by atoms with van der Waals surface area (Å²) in [5, 5.41) is 4.58. The van der Waals surface area contributed by atoms with Crippen LogP contribution in [0, 0.1) is 0 Å². The average Bonchev–Trinajstić information content (AvgIpc) is 2.99. The van der Waals surface area contributed by atoms with Gasteiger partial charge in [0.15, 0.2) is 5.82 Å². The zero-order valence-electron chi connectivity index (χ0n) is 9.71. The Kier molecular flexibility index (Phi) is 2.48. The second-order valence-electron chi connectivity index (χ2n) is 4.37. The number of para-hydroxylation sites is 1. The van der Waals surface area contributed by atoms with Gasteiger partial charge in [0.2, 0.25) is 0 Å². The quantitative estimate of drug-likeness (QED) is 0.855. The van der Waals surface area contributed by atoms with Crippen LogP contribution in [0.15, 0.2) is 36.4 Å². The van der Waals surface area contributed by atoms with E-state index in [1.54, 1.807) is 4.68 Å². The summed E-state index contributed by atoms with van der Waals surface area (Å²) < 4.78 is 1.80. The molecular formula is C13H16N4. The van der Waals surface area contributed by atoms with Gasteiger partial charge in [-0.1, -0.05) is 18.2 Å². The highest BCUT2D eigenvalue weighted by atomic mass is 15.4. The molecule has 1 aromatic heterocycles. The molecular weight excluding hydrogens is 212 g/mol. The summed E-state index contributed by atoms with van der Waals surface area (Å²) in [6.45, 7) is 2.18. The van der Waals surface area contributed by atoms with Crippen LogP contribution in [-0.2, 0) is 0 Å². The van der Waals surface area contributed by atoms with Crippen molar-refractivity contribution in [1.29, 1.82) is 0 Å². The summed E-state index contributed by atoms with van der Waals surface area (Å²) >= 11 is 0. The van der Waals surface area contributed by atoms with Crippen molar-refractivity contribution in [3.63, 3.8) is 0 Å². The third kappa shape index (κ3) is 1.86. The van der Waals surface area contributed by atoms with Gasteiger partial charge in [0.1, 0.15) is 5.82 Å². The van der Waals surface area contributed by atoms with Gasteiger partial charge in [0.25, 0.3) is 0 Å². The van der Waals surface area contributed by atoms with Gasteiger partial charge < -0.3 is 10.6 Å². The summed E-state index contributed by atoms with van der Waals surface area (Å²) in [6, 6.07) is 12.0. The Labute approximate surface area is 101 Å². The second kappa shape index (κ2) is 4.13. The molecule has 1 saturated heterocycles. The summed E-state index contributed by atoms with van der Waals surface area (Å²) in [5.74, 6) is 1.68. The first-order valence-electron chi connectivity index (χ1n) is 6.00. The maximum Gasteiger partial charge on any atom is 0.153 e. The molecule has 4 nitrogen and oxygen atoms in total. The van der Waals surface area contributed by atoms with Crippen molar-refractivity contribution < 1.29 is 0 Å². The van der Waals surface area contributed by atoms with E-state index in [1.807, 2.05) is 36.4 Å². The fourth-order valence-electron chi connectivity index (χ4n) is 2.26. The first-order chi connectivity index (χ1) is 8.34. The summed E-state index contributed by atoms with van der Waals surface area (Å²) in [7, 11) is 0. The van der Waals surface area contributed by atoms with Crippen molar-refractivity contribution >= 4 is 11.6 Å². The number of anilines is 2. The molecule has 0 saturated carbocycles. The normalized spacial score (nSPS) is 15.4. The fraction of sp³-hybridized carbons (Fsp3) is 0.308. The Bertz CT molecular complexity index is 497. The molecule has 0 aliphatic carbocycles. The molecule has 0 spiro atoms. The third-order valence-electron chi connectivity index (χ3n) is 3.15. The molecule has 0 radical (unpaired) electrons. The molecule has 2 N–H and O–H groups in total. The lowest BCUT2D eigenvalue weighted by atomic mass is 10.3. The molecule has 1 aliphatic heterocycles. The molecule has 1 aromatic carbocycles. The van der Waals surface area contributed by atoms with Crippen LogP contribution in [0.3, 0.4) is 0 Å². The molecule has 4 heteroatoms. The van der Waals surface area contributed by atoms with E-state index in [1.165, 1.54) is 12.8 Å². The molecule has 0 atom stereocenters. The Morgan fingerprint density at radius 2 is 1.76 bits per heavy atom. The number of nitrogen functional groups attached to an aromatic ring is 1. The van der Waals surface area contributed by atoms with E-state index in [4.69, 9.17) is 5.73 Å². The highest BCUT2D eigenvalue weighted by Crippen LogP contribution is 2.23. The van der Waals surface area contributed by atoms with Crippen molar-refractivity contribution in [2.45, 2.75) is 12.8 Å². The van der Waals surface area contributed by atoms with Crippen LogP contribution in [0.4, 0.5) is 11.6 Å². The van der Waals surface area contributed by atoms with Gasteiger partial charge in [-0.25, -0.2) is 4.68 Å². The molecule has 17 heavy (non-hydrogen) atoms. The average molecular weight is 228 g/mol. The molecule has 3 rings (SSSR count). The first kappa shape index (κ1) is 10.2. The molecule has 1 fully saturated rings. The van der Waals surface area contributed by atoms with E-state index in [0.717, 1.165) is 24.6 Å². The van der Waals surface area contributed by atoms with Gasteiger partial charge in [-0.3, -0.25) is 0 Å². The molecule has 0 unspecified atom stereocenters. The lowest BCUT2D eigenvalue weighted by Crippen LogP contribution is -2.18. The van der Waals surface area contributed by atoms with Crippen molar-refractivity contribution in [3.05, 3.63) is 36.4 Å². The number of hydrogen-bond acceptors (Lipinski definition) is 3. The van der Waals surface area contributed by atoms with Crippen molar-refractivity contribution in [2.75, 3.05) is 23.7 Å². The minimum atomic E-state index is 0.693. The molecule has 0 amide bonds. The van der Waals surface area contributed by atoms with Gasteiger partial charge in [0.05, 0.1) is 5.69 Å². The summed E-state index contributed by atoms with van der Waals surface area (Å²) in [4.78, 5) is 2.29. The molecule has 88 valence electrons. The van der Waals surface area contributed by atoms with Crippen LogP contribution in [0.2, 0.25) is 0 Å².